The van der Waals surface area contributed by atoms with Crippen LogP contribution in [-0.4, -0.2) is 155 Å². The minimum absolute atomic E-state index is 0.0149. The molecule has 0 unspecified atom stereocenters. The molecule has 0 bridgehead atoms. The molecular formula is C42H56F3N7O10. The van der Waals surface area contributed by atoms with Gasteiger partial charge in [-0.25, -0.2) is 15.0 Å². The topological polar surface area (TPSA) is 192 Å². The van der Waals surface area contributed by atoms with E-state index in [4.69, 9.17) is 48.6 Å². The number of nitrogen functional groups attached to an aromatic ring is 1. The fourth-order valence-corrected chi connectivity index (χ4v) is 6.52. The molecule has 20 heteroatoms. The SMILES string of the molecule is COCCOCCOCCOCCOCCOCCOCCOCCC(=O)N1CCC[C@@H](c2nc(-c3ccc(C(=O)Nc4cc(C(F)(F)F)ccn4)cc3)c3c(N)nccn23)C1. The molecule has 1 fully saturated rings. The molecule has 1 aromatic carbocycles. The summed E-state index contributed by atoms with van der Waals surface area (Å²) in [7, 11) is 1.63. The van der Waals surface area contributed by atoms with Crippen molar-refractivity contribution in [3.05, 3.63) is 71.9 Å². The number of aromatic nitrogens is 4. The normalized spacial score (nSPS) is 14.5. The highest BCUT2D eigenvalue weighted by Gasteiger charge is 2.31. The van der Waals surface area contributed by atoms with Crippen molar-refractivity contribution in [2.75, 3.05) is 130 Å². The van der Waals surface area contributed by atoms with Crippen LogP contribution in [0.15, 0.2) is 55.0 Å². The van der Waals surface area contributed by atoms with Crippen LogP contribution in [0.5, 0.6) is 0 Å². The smallest absolute Gasteiger partial charge is 0.382 e. The Hall–Kier alpha value is -4.80. The number of likely N-dealkylation sites (tertiary alicyclic amines) is 1. The number of rotatable bonds is 28. The van der Waals surface area contributed by atoms with E-state index < -0.39 is 17.6 Å². The van der Waals surface area contributed by atoms with E-state index in [0.717, 1.165) is 37.0 Å². The summed E-state index contributed by atoms with van der Waals surface area (Å²) < 4.78 is 84.6. The Morgan fingerprint density at radius 1 is 0.774 bits per heavy atom. The van der Waals surface area contributed by atoms with Crippen LogP contribution < -0.4 is 11.1 Å². The molecule has 1 aliphatic heterocycles. The second kappa shape index (κ2) is 26.0. The Balaban J connectivity index is 0.964. The lowest BCUT2D eigenvalue weighted by molar-refractivity contribution is -0.137. The fourth-order valence-electron chi connectivity index (χ4n) is 6.52. The molecule has 17 nitrogen and oxygen atoms in total. The summed E-state index contributed by atoms with van der Waals surface area (Å²) in [6.07, 6.45) is 1.60. The summed E-state index contributed by atoms with van der Waals surface area (Å²) in [4.78, 5) is 41.0. The molecule has 4 heterocycles. The molecule has 3 N–H and O–H groups in total. The first-order valence-electron chi connectivity index (χ1n) is 20.5. The molecule has 1 aliphatic rings. The highest BCUT2D eigenvalue weighted by molar-refractivity contribution is 6.04. The molecule has 0 spiro atoms. The first kappa shape index (κ1) is 48.2. The van der Waals surface area contributed by atoms with Gasteiger partial charge in [-0.05, 0) is 37.1 Å². The van der Waals surface area contributed by atoms with Crippen molar-refractivity contribution in [3.63, 3.8) is 0 Å². The second-order valence-electron chi connectivity index (χ2n) is 14.0. The van der Waals surface area contributed by atoms with E-state index in [1.54, 1.807) is 43.8 Å². The van der Waals surface area contributed by atoms with Crippen molar-refractivity contribution in [3.8, 4) is 11.3 Å². The number of pyridine rings is 1. The zero-order valence-electron chi connectivity index (χ0n) is 34.9. The number of benzene rings is 1. The Labute approximate surface area is 358 Å². The molecule has 62 heavy (non-hydrogen) atoms. The van der Waals surface area contributed by atoms with E-state index in [0.29, 0.717) is 122 Å². The fraction of sp³-hybridized carbons (Fsp3) is 0.548. The minimum Gasteiger partial charge on any atom is -0.382 e. The second-order valence-corrected chi connectivity index (χ2v) is 14.0. The van der Waals surface area contributed by atoms with Gasteiger partial charge >= 0.3 is 6.18 Å². The Kier molecular flexibility index (Phi) is 20.2. The number of carbonyl (C=O) groups is 2. The highest BCUT2D eigenvalue weighted by atomic mass is 19.4. The molecule has 0 radical (unpaired) electrons. The third kappa shape index (κ3) is 15.5. The molecule has 0 saturated carbocycles. The number of alkyl halides is 3. The number of piperidine rings is 1. The maximum Gasteiger partial charge on any atom is 0.416 e. The number of fused-ring (bicyclic) bond motifs is 1. The van der Waals surface area contributed by atoms with Gasteiger partial charge in [0, 0.05) is 55.8 Å². The van der Waals surface area contributed by atoms with E-state index in [1.807, 2.05) is 9.30 Å². The molecule has 5 rings (SSSR count). The van der Waals surface area contributed by atoms with E-state index in [1.165, 1.54) is 0 Å². The third-order valence-electron chi connectivity index (χ3n) is 9.62. The largest absolute Gasteiger partial charge is 0.416 e. The lowest BCUT2D eigenvalue weighted by Crippen LogP contribution is -2.40. The van der Waals surface area contributed by atoms with E-state index in [2.05, 4.69) is 15.3 Å². The van der Waals surface area contributed by atoms with Gasteiger partial charge in [0.15, 0.2) is 0 Å². The van der Waals surface area contributed by atoms with Crippen molar-refractivity contribution in [2.45, 2.75) is 31.4 Å². The number of nitrogens with zero attached hydrogens (tertiary/aromatic N) is 5. The highest BCUT2D eigenvalue weighted by Crippen LogP contribution is 2.34. The zero-order valence-corrected chi connectivity index (χ0v) is 34.9. The van der Waals surface area contributed by atoms with Gasteiger partial charge < -0.3 is 53.8 Å². The Morgan fingerprint density at radius 3 is 1.90 bits per heavy atom. The van der Waals surface area contributed by atoms with Crippen molar-refractivity contribution in [1.82, 2.24) is 24.3 Å². The molecule has 3 aromatic heterocycles. The van der Waals surface area contributed by atoms with Gasteiger partial charge in [0.25, 0.3) is 5.91 Å². The summed E-state index contributed by atoms with van der Waals surface area (Å²) in [5, 5.41) is 2.41. The minimum atomic E-state index is -4.57. The van der Waals surface area contributed by atoms with Gasteiger partial charge in [-0.2, -0.15) is 13.2 Å². The molecule has 0 aliphatic carbocycles. The summed E-state index contributed by atoms with van der Waals surface area (Å²) >= 11 is 0. The average Bonchev–Trinajstić information content (AvgIpc) is 3.67. The lowest BCUT2D eigenvalue weighted by atomic mass is 9.97. The van der Waals surface area contributed by atoms with Crippen LogP contribution in [0, 0.1) is 0 Å². The number of imidazole rings is 1. The van der Waals surface area contributed by atoms with Gasteiger partial charge in [-0.15, -0.1) is 0 Å². The van der Waals surface area contributed by atoms with Crippen LogP contribution in [0.2, 0.25) is 0 Å². The van der Waals surface area contributed by atoms with Gasteiger partial charge in [-0.1, -0.05) is 12.1 Å². The molecule has 2 amide bonds. The number of hydrogen-bond donors (Lipinski definition) is 2. The van der Waals surface area contributed by atoms with Gasteiger partial charge in [0.1, 0.15) is 28.7 Å². The molecule has 1 saturated heterocycles. The van der Waals surface area contributed by atoms with Gasteiger partial charge in [0.05, 0.1) is 111 Å². The van der Waals surface area contributed by atoms with Crippen LogP contribution >= 0.6 is 0 Å². The predicted molar refractivity (Wildman–Crippen MR) is 221 cm³/mol. The van der Waals surface area contributed by atoms with Crippen LogP contribution in [0.1, 0.15) is 46.9 Å². The number of carbonyl (C=O) groups excluding carboxylic acids is 2. The summed E-state index contributed by atoms with van der Waals surface area (Å²) in [6.45, 7) is 7.93. The van der Waals surface area contributed by atoms with Gasteiger partial charge in [0.2, 0.25) is 5.91 Å². The number of halogens is 3. The van der Waals surface area contributed by atoms with Crippen LogP contribution in [0.4, 0.5) is 24.8 Å². The number of ether oxygens (including phenoxy) is 8. The Morgan fingerprint density at radius 2 is 1.34 bits per heavy atom. The van der Waals surface area contributed by atoms with Crippen molar-refractivity contribution >= 4 is 29.0 Å². The molecular weight excluding hydrogens is 819 g/mol. The molecule has 1 atom stereocenters. The molecule has 4 aromatic rings. The number of nitrogens with two attached hydrogens (primary N) is 1. The quantitative estimate of drug-likeness (QED) is 0.0758. The van der Waals surface area contributed by atoms with E-state index in [-0.39, 0.29) is 42.1 Å². The average molecular weight is 876 g/mol. The monoisotopic (exact) mass is 875 g/mol. The maximum absolute atomic E-state index is 13.2. The van der Waals surface area contributed by atoms with Crippen molar-refractivity contribution in [1.29, 1.82) is 0 Å². The number of anilines is 2. The first-order valence-corrected chi connectivity index (χ1v) is 20.5. The number of hydrogen-bond acceptors (Lipinski definition) is 14. The third-order valence-corrected chi connectivity index (χ3v) is 9.62. The number of methoxy groups -OCH3 is 1. The predicted octanol–water partition coefficient (Wildman–Crippen LogP) is 4.50. The standard InChI is InChI=1S/C42H56F3N7O10/c1-55-15-16-57-19-20-59-23-24-61-27-28-62-26-25-60-22-21-58-18-17-56-14-9-36(53)51-12-2-3-33(30-51)40-50-37(38-39(46)48-11-13-52(38)40)31-4-6-32(7-5-31)41(54)49-35-29-34(8-10-47-35)42(43,44)45/h4-8,10-11,13,29,33H,2-3,9,12,14-28,30H2,1H3,(H2,46,48)(H,47,49,54)/t33-/m1/s1. The van der Waals surface area contributed by atoms with E-state index in [9.17, 15) is 22.8 Å². The summed E-state index contributed by atoms with van der Waals surface area (Å²) in [6, 6.07) is 8.06. The summed E-state index contributed by atoms with van der Waals surface area (Å²) in [5.41, 5.74) is 7.42. The van der Waals surface area contributed by atoms with Crippen molar-refractivity contribution in [2.24, 2.45) is 0 Å². The van der Waals surface area contributed by atoms with Gasteiger partial charge in [-0.3, -0.25) is 14.0 Å². The number of amides is 2. The maximum atomic E-state index is 13.2. The Bertz CT molecular complexity index is 1950. The van der Waals surface area contributed by atoms with Crippen LogP contribution in [0.3, 0.4) is 0 Å². The first-order chi connectivity index (χ1) is 30.2. The zero-order chi connectivity index (χ0) is 44.0. The summed E-state index contributed by atoms with van der Waals surface area (Å²) in [5.74, 6) is 0.0344. The van der Waals surface area contributed by atoms with Crippen molar-refractivity contribution < 1.29 is 60.7 Å². The van der Waals surface area contributed by atoms with E-state index >= 15 is 0 Å². The molecule has 340 valence electrons. The van der Waals surface area contributed by atoms with Crippen LogP contribution in [-0.2, 0) is 48.9 Å². The van der Waals surface area contributed by atoms with Crippen LogP contribution in [0.25, 0.3) is 16.8 Å². The number of nitrogens with one attached hydrogen (secondary N) is 1. The lowest BCUT2D eigenvalue weighted by Gasteiger charge is -2.32.